The van der Waals surface area contributed by atoms with Crippen molar-refractivity contribution in [3.8, 4) is 0 Å². The second kappa shape index (κ2) is 13.8. The molecular formula is C24H25FN6O7S3. The van der Waals surface area contributed by atoms with Crippen molar-refractivity contribution >= 4 is 69.5 Å². The molecule has 13 nitrogen and oxygen atoms in total. The van der Waals surface area contributed by atoms with Gasteiger partial charge >= 0.3 is 5.97 Å². The van der Waals surface area contributed by atoms with Crippen LogP contribution in [0.3, 0.4) is 0 Å². The molecule has 2 aromatic rings. The number of halogens is 1. The number of alkyl halides is 1. The number of carbonyl (C=O) groups excluding carboxylic acids is 3. The number of thiazole rings is 1. The van der Waals surface area contributed by atoms with Crippen LogP contribution < -0.4 is 20.7 Å². The molecule has 0 bridgehead atoms. The number of hydrogen-bond donors (Lipinski definition) is 3. The first-order chi connectivity index (χ1) is 19.7. The molecule has 0 saturated carbocycles. The van der Waals surface area contributed by atoms with Crippen molar-refractivity contribution in [1.29, 1.82) is 0 Å². The number of nitrogens with one attached hydrogen (secondary N) is 1. The number of nitrogens with zero attached hydrogens (tertiary/aromatic N) is 4. The number of amides is 2. The number of carboxylic acid groups (broad SMARTS) is 2. The van der Waals surface area contributed by atoms with Crippen LogP contribution in [0.15, 0.2) is 51.2 Å². The predicted molar refractivity (Wildman–Crippen MR) is 146 cm³/mol. The first-order valence-electron chi connectivity index (χ1n) is 12.2. The minimum Gasteiger partial charge on any atom is -0.543 e. The number of nitrogen functional groups attached to an aromatic ring is 1. The lowest BCUT2D eigenvalue weighted by molar-refractivity contribution is -0.697. The van der Waals surface area contributed by atoms with Crippen LogP contribution in [0.4, 0.5) is 9.52 Å². The molecule has 4 N–H and O–H groups in total. The highest BCUT2D eigenvalue weighted by molar-refractivity contribution is 8.01. The zero-order chi connectivity index (χ0) is 29.5. The predicted octanol–water partition coefficient (Wildman–Crippen LogP) is -0.236. The van der Waals surface area contributed by atoms with Crippen molar-refractivity contribution in [2.24, 2.45) is 5.16 Å². The van der Waals surface area contributed by atoms with E-state index in [2.05, 4.69) is 15.5 Å². The summed E-state index contributed by atoms with van der Waals surface area (Å²) in [6.07, 6.45) is 3.47. The van der Waals surface area contributed by atoms with Gasteiger partial charge in [-0.25, -0.2) is 13.9 Å². The van der Waals surface area contributed by atoms with Crippen molar-refractivity contribution < 1.29 is 43.2 Å². The molecule has 218 valence electrons. The summed E-state index contributed by atoms with van der Waals surface area (Å²) in [4.78, 5) is 60.0. The van der Waals surface area contributed by atoms with E-state index in [4.69, 9.17) is 15.7 Å². The van der Waals surface area contributed by atoms with Gasteiger partial charge in [0, 0.05) is 40.3 Å². The van der Waals surface area contributed by atoms with Crippen LogP contribution in [-0.4, -0.2) is 80.7 Å². The van der Waals surface area contributed by atoms with Crippen molar-refractivity contribution in [1.82, 2.24) is 15.2 Å². The number of hydrogen-bond acceptors (Lipinski definition) is 12. The molecule has 2 aliphatic rings. The maximum Gasteiger partial charge on any atom is 0.303 e. The molecule has 0 spiro atoms. The number of nitrogens with two attached hydrogens (primary N) is 1. The summed E-state index contributed by atoms with van der Waals surface area (Å²) in [5.41, 5.74) is 5.81. The summed E-state index contributed by atoms with van der Waals surface area (Å²) >= 11 is 3.74. The van der Waals surface area contributed by atoms with Gasteiger partial charge in [-0.1, -0.05) is 5.16 Å². The van der Waals surface area contributed by atoms with E-state index in [1.54, 1.807) is 29.1 Å². The van der Waals surface area contributed by atoms with E-state index < -0.39 is 41.8 Å². The molecule has 41 heavy (non-hydrogen) atoms. The first kappa shape index (κ1) is 30.3. The minimum absolute atomic E-state index is 0.0710. The Morgan fingerprint density at radius 1 is 1.37 bits per heavy atom. The van der Waals surface area contributed by atoms with E-state index in [1.807, 2.05) is 0 Å². The lowest BCUT2D eigenvalue weighted by Crippen LogP contribution is -2.71. The number of β-lactam (4-membered cyclic amide) rings is 1. The molecule has 2 aromatic heterocycles. The molecule has 1 saturated heterocycles. The van der Waals surface area contributed by atoms with E-state index >= 15 is 0 Å². The summed E-state index contributed by atoms with van der Waals surface area (Å²) in [5, 5.41) is 28.2. The number of aliphatic carboxylic acids is 2. The van der Waals surface area contributed by atoms with Crippen LogP contribution in [-0.2, 0) is 30.6 Å². The molecule has 4 heterocycles. The highest BCUT2D eigenvalue weighted by Crippen LogP contribution is 2.41. The Kier molecular flexibility index (Phi) is 10.2. The molecule has 0 aromatic carbocycles. The Labute approximate surface area is 245 Å². The van der Waals surface area contributed by atoms with Crippen LogP contribution in [0.5, 0.6) is 0 Å². The molecule has 4 rings (SSSR count). The fourth-order valence-electron chi connectivity index (χ4n) is 3.95. The number of rotatable bonds is 14. The van der Waals surface area contributed by atoms with Crippen molar-refractivity contribution in [2.45, 2.75) is 35.7 Å². The fourth-order valence-corrected chi connectivity index (χ4v) is 6.87. The number of thioether (sulfide) groups is 2. The monoisotopic (exact) mass is 624 g/mol. The lowest BCUT2D eigenvalue weighted by Gasteiger charge is -2.50. The lowest BCUT2D eigenvalue weighted by atomic mass is 10.0. The molecule has 2 aliphatic heterocycles. The molecule has 17 heteroatoms. The summed E-state index contributed by atoms with van der Waals surface area (Å²) < 4.78 is 14.2. The Balaban J connectivity index is 1.43. The zero-order valence-corrected chi connectivity index (χ0v) is 23.8. The Hall–Kier alpha value is -3.70. The average molecular weight is 625 g/mol. The molecule has 2 amide bonds. The normalized spacial score (nSPS) is 18.5. The third kappa shape index (κ3) is 7.34. The van der Waals surface area contributed by atoms with Gasteiger partial charge in [-0.05, 0) is 12.0 Å². The van der Waals surface area contributed by atoms with Crippen LogP contribution >= 0.6 is 34.9 Å². The van der Waals surface area contributed by atoms with Gasteiger partial charge in [-0.2, -0.15) is 0 Å². The Morgan fingerprint density at radius 3 is 2.76 bits per heavy atom. The number of carbonyl (C=O) groups is 4. The number of oxime groups is 1. The summed E-state index contributed by atoms with van der Waals surface area (Å²) in [5.74, 6) is -3.33. The highest BCUT2D eigenvalue weighted by Gasteiger charge is 2.53. The fraction of sp³-hybridized carbons (Fsp3) is 0.375. The van der Waals surface area contributed by atoms with Gasteiger partial charge in [0.05, 0.1) is 11.7 Å². The summed E-state index contributed by atoms with van der Waals surface area (Å²) in [6.45, 7) is -0.320. The van der Waals surface area contributed by atoms with E-state index in [1.165, 1.54) is 28.9 Å². The van der Waals surface area contributed by atoms with Crippen molar-refractivity contribution in [2.75, 3.05) is 30.5 Å². The van der Waals surface area contributed by atoms with E-state index in [9.17, 15) is 28.7 Å². The minimum atomic E-state index is -1.49. The third-order valence-corrected chi connectivity index (χ3v) is 9.02. The maximum absolute atomic E-state index is 13.1. The molecule has 0 aliphatic carbocycles. The van der Waals surface area contributed by atoms with Gasteiger partial charge in [0.1, 0.15) is 30.4 Å². The van der Waals surface area contributed by atoms with Crippen molar-refractivity contribution in [3.05, 3.63) is 46.9 Å². The average Bonchev–Trinajstić information content (AvgIpc) is 3.38. The number of fused-ring (bicyclic) bond motifs is 1. The number of carboxylic acids is 2. The number of aryl methyl sites for hydroxylation is 1. The topological polar surface area (TPSA) is 191 Å². The molecule has 2 atom stereocenters. The number of anilines is 1. The Morgan fingerprint density at radius 2 is 2.12 bits per heavy atom. The first-order valence-corrected chi connectivity index (χ1v) is 15.1. The van der Waals surface area contributed by atoms with Crippen LogP contribution in [0.2, 0.25) is 0 Å². The number of pyridine rings is 1. The molecular weight excluding hydrogens is 599 g/mol. The second-order valence-corrected chi connectivity index (χ2v) is 11.7. The third-order valence-electron chi connectivity index (χ3n) is 5.91. The van der Waals surface area contributed by atoms with Crippen molar-refractivity contribution in [3.63, 3.8) is 0 Å². The smallest absolute Gasteiger partial charge is 0.303 e. The standard InChI is InChI=1S/C24H25FN6O7S3/c25-5-8-30-6-3-14(4-7-30)39-10-13-11-40-22-18(21(35)31(22)19(13)23(36)37)28-20(34)17(15-12-41-24(26)27-15)29-38-9-1-2-16(32)33/h3-4,6-7,12,18,22H,1-2,5,8-11H2,(H4-,26,27,28,32,33,34,36,37)/b29-17-/t18-,22-/m1/s1. The van der Waals surface area contributed by atoms with E-state index in [0.717, 1.165) is 21.1 Å². The summed E-state index contributed by atoms with van der Waals surface area (Å²) in [7, 11) is 0. The largest absolute Gasteiger partial charge is 0.543 e. The SMILES string of the molecule is Nc1nc(/C(=N/OCCCC(=O)O)C(=O)N[C@@H]2C(=O)N3C(C(=O)[O-])=C(CSc4cc[n+](CCF)cc4)CS[C@H]23)cs1. The number of aromatic nitrogens is 2. The highest BCUT2D eigenvalue weighted by atomic mass is 32.2. The van der Waals surface area contributed by atoms with Crippen LogP contribution in [0, 0.1) is 0 Å². The molecule has 0 unspecified atom stereocenters. The quantitative estimate of drug-likeness (QED) is 0.0628. The molecule has 0 radical (unpaired) electrons. The van der Waals surface area contributed by atoms with Gasteiger partial charge in [-0.3, -0.25) is 19.3 Å². The summed E-state index contributed by atoms with van der Waals surface area (Å²) in [6, 6.07) is 2.55. The van der Waals surface area contributed by atoms with Crippen LogP contribution in [0.25, 0.3) is 0 Å². The van der Waals surface area contributed by atoms with Gasteiger partial charge in [0.2, 0.25) is 0 Å². The van der Waals surface area contributed by atoms with Gasteiger partial charge < -0.3 is 30.9 Å². The van der Waals surface area contributed by atoms with E-state index in [-0.39, 0.29) is 54.0 Å². The van der Waals surface area contributed by atoms with E-state index in [0.29, 0.717) is 11.3 Å². The van der Waals surface area contributed by atoms with Crippen LogP contribution in [0.1, 0.15) is 18.5 Å². The van der Waals surface area contributed by atoms with Gasteiger partial charge in [-0.15, -0.1) is 34.9 Å². The molecule has 1 fully saturated rings. The zero-order valence-electron chi connectivity index (χ0n) is 21.4. The van der Waals surface area contributed by atoms with Gasteiger partial charge in [0.25, 0.3) is 11.8 Å². The van der Waals surface area contributed by atoms with Gasteiger partial charge in [0.15, 0.2) is 29.8 Å². The second-order valence-electron chi connectivity index (χ2n) is 8.69. The Bertz CT molecular complexity index is 1380. The maximum atomic E-state index is 13.1.